The Balaban J connectivity index is 2.48. The zero-order valence-corrected chi connectivity index (χ0v) is 8.34. The Bertz CT molecular complexity index is 343. The van der Waals surface area contributed by atoms with Crippen molar-refractivity contribution in [3.8, 4) is 0 Å². The summed E-state index contributed by atoms with van der Waals surface area (Å²) in [4.78, 5) is 11.2. The first-order chi connectivity index (χ1) is 7.27. The van der Waals surface area contributed by atoms with E-state index in [0.717, 1.165) is 5.56 Å². The molecule has 0 saturated carbocycles. The SMILES string of the molecule is COC(=CO)C(=O)OCc1ccccc1. The van der Waals surface area contributed by atoms with Crippen molar-refractivity contribution in [1.82, 2.24) is 0 Å². The van der Waals surface area contributed by atoms with Crippen LogP contribution in [0.2, 0.25) is 0 Å². The van der Waals surface area contributed by atoms with Crippen LogP contribution in [0, 0.1) is 0 Å². The first-order valence-electron chi connectivity index (χ1n) is 4.37. The van der Waals surface area contributed by atoms with Crippen LogP contribution in [0.25, 0.3) is 0 Å². The normalized spacial score (nSPS) is 10.9. The predicted octanol–water partition coefficient (Wildman–Crippen LogP) is 1.78. The van der Waals surface area contributed by atoms with Gasteiger partial charge in [0.05, 0.1) is 7.11 Å². The summed E-state index contributed by atoms with van der Waals surface area (Å²) < 4.78 is 9.47. The number of carbonyl (C=O) groups is 1. The Morgan fingerprint density at radius 2 is 2.07 bits per heavy atom. The topological polar surface area (TPSA) is 55.8 Å². The fraction of sp³-hybridized carbons (Fsp3) is 0.182. The highest BCUT2D eigenvalue weighted by Crippen LogP contribution is 2.04. The van der Waals surface area contributed by atoms with Crippen molar-refractivity contribution in [2.75, 3.05) is 7.11 Å². The molecule has 1 N–H and O–H groups in total. The molecule has 0 atom stereocenters. The van der Waals surface area contributed by atoms with Gasteiger partial charge in [-0.05, 0) is 5.56 Å². The molecule has 0 spiro atoms. The average Bonchev–Trinajstić information content (AvgIpc) is 2.29. The summed E-state index contributed by atoms with van der Waals surface area (Å²) in [6.07, 6.45) is 0.577. The van der Waals surface area contributed by atoms with Crippen LogP contribution in [0.1, 0.15) is 5.56 Å². The summed E-state index contributed by atoms with van der Waals surface area (Å²) in [5.74, 6) is -0.908. The van der Waals surface area contributed by atoms with Crippen molar-refractivity contribution < 1.29 is 19.4 Å². The van der Waals surface area contributed by atoms with E-state index >= 15 is 0 Å². The number of rotatable bonds is 4. The molecule has 0 amide bonds. The third-order valence-electron chi connectivity index (χ3n) is 1.75. The molecule has 0 aliphatic heterocycles. The Labute approximate surface area is 87.7 Å². The Morgan fingerprint density at radius 3 is 2.60 bits per heavy atom. The second-order valence-electron chi connectivity index (χ2n) is 2.76. The first kappa shape index (κ1) is 11.1. The summed E-state index contributed by atoms with van der Waals surface area (Å²) in [6, 6.07) is 9.24. The molecule has 1 rings (SSSR count). The van der Waals surface area contributed by atoms with E-state index in [4.69, 9.17) is 9.84 Å². The minimum Gasteiger partial charge on any atom is -0.511 e. The first-order valence-corrected chi connectivity index (χ1v) is 4.37. The largest absolute Gasteiger partial charge is 0.511 e. The lowest BCUT2D eigenvalue weighted by Crippen LogP contribution is -2.09. The van der Waals surface area contributed by atoms with Crippen LogP contribution < -0.4 is 0 Å². The molecule has 0 heterocycles. The smallest absolute Gasteiger partial charge is 0.377 e. The standard InChI is InChI=1S/C11H12O4/c1-14-10(7-12)11(13)15-8-9-5-3-2-4-6-9/h2-7,12H,8H2,1H3. The predicted molar refractivity (Wildman–Crippen MR) is 54.0 cm³/mol. The second kappa shape index (κ2) is 5.70. The lowest BCUT2D eigenvalue weighted by atomic mass is 10.2. The van der Waals surface area contributed by atoms with E-state index in [1.54, 1.807) is 0 Å². The molecule has 0 fully saturated rings. The number of aliphatic hydroxyl groups is 1. The van der Waals surface area contributed by atoms with Gasteiger partial charge >= 0.3 is 5.97 Å². The Morgan fingerprint density at radius 1 is 1.40 bits per heavy atom. The van der Waals surface area contributed by atoms with Gasteiger partial charge in [-0.15, -0.1) is 0 Å². The van der Waals surface area contributed by atoms with Crippen LogP contribution in [0.3, 0.4) is 0 Å². The van der Waals surface area contributed by atoms with Crippen LogP contribution in [0.15, 0.2) is 42.4 Å². The number of hydrogen-bond acceptors (Lipinski definition) is 4. The van der Waals surface area contributed by atoms with E-state index in [-0.39, 0.29) is 12.4 Å². The van der Waals surface area contributed by atoms with E-state index < -0.39 is 5.97 Å². The van der Waals surface area contributed by atoms with Gasteiger partial charge in [-0.1, -0.05) is 30.3 Å². The van der Waals surface area contributed by atoms with Gasteiger partial charge < -0.3 is 14.6 Å². The van der Waals surface area contributed by atoms with E-state index in [2.05, 4.69) is 4.74 Å². The molecule has 1 aromatic rings. The summed E-state index contributed by atoms with van der Waals surface area (Å²) in [7, 11) is 1.28. The maximum atomic E-state index is 11.2. The van der Waals surface area contributed by atoms with Crippen LogP contribution >= 0.6 is 0 Å². The molecule has 0 saturated heterocycles. The highest BCUT2D eigenvalue weighted by atomic mass is 16.6. The van der Waals surface area contributed by atoms with Crippen molar-refractivity contribution in [2.45, 2.75) is 6.61 Å². The maximum Gasteiger partial charge on any atom is 0.377 e. The average molecular weight is 208 g/mol. The third kappa shape index (κ3) is 3.34. The third-order valence-corrected chi connectivity index (χ3v) is 1.75. The number of esters is 1. The number of aliphatic hydroxyl groups excluding tert-OH is 1. The van der Waals surface area contributed by atoms with Crippen molar-refractivity contribution in [3.63, 3.8) is 0 Å². The molecule has 15 heavy (non-hydrogen) atoms. The van der Waals surface area contributed by atoms with Gasteiger partial charge in [-0.2, -0.15) is 0 Å². The van der Waals surface area contributed by atoms with E-state index in [0.29, 0.717) is 6.26 Å². The maximum absolute atomic E-state index is 11.2. The molecule has 80 valence electrons. The van der Waals surface area contributed by atoms with E-state index in [9.17, 15) is 4.79 Å². The molecule has 4 heteroatoms. The number of methoxy groups -OCH3 is 1. The van der Waals surface area contributed by atoms with Crippen LogP contribution in [0.5, 0.6) is 0 Å². The molecule has 0 unspecified atom stereocenters. The molecular weight excluding hydrogens is 196 g/mol. The zero-order chi connectivity index (χ0) is 11.1. The molecule has 0 aliphatic rings. The highest BCUT2D eigenvalue weighted by molar-refractivity contribution is 5.85. The van der Waals surface area contributed by atoms with Crippen LogP contribution in [-0.2, 0) is 20.9 Å². The monoisotopic (exact) mass is 208 g/mol. The fourth-order valence-corrected chi connectivity index (χ4v) is 0.983. The van der Waals surface area contributed by atoms with Crippen LogP contribution in [0.4, 0.5) is 0 Å². The number of benzene rings is 1. The van der Waals surface area contributed by atoms with Gasteiger partial charge in [0, 0.05) is 0 Å². The van der Waals surface area contributed by atoms with Gasteiger partial charge in [-0.3, -0.25) is 0 Å². The zero-order valence-electron chi connectivity index (χ0n) is 8.34. The van der Waals surface area contributed by atoms with Crippen molar-refractivity contribution in [2.24, 2.45) is 0 Å². The molecule has 0 aliphatic carbocycles. The molecule has 0 radical (unpaired) electrons. The molecular formula is C11H12O4. The fourth-order valence-electron chi connectivity index (χ4n) is 0.983. The Kier molecular flexibility index (Phi) is 4.22. The summed E-state index contributed by atoms with van der Waals surface area (Å²) in [5.41, 5.74) is 0.874. The van der Waals surface area contributed by atoms with Crippen molar-refractivity contribution in [3.05, 3.63) is 47.9 Å². The number of hydrogen-bond donors (Lipinski definition) is 1. The van der Waals surface area contributed by atoms with Gasteiger partial charge in [0.1, 0.15) is 12.9 Å². The molecule has 4 nitrogen and oxygen atoms in total. The molecule has 1 aromatic carbocycles. The number of ether oxygens (including phenoxy) is 2. The second-order valence-corrected chi connectivity index (χ2v) is 2.76. The quantitative estimate of drug-likeness (QED) is 0.465. The lowest BCUT2D eigenvalue weighted by Gasteiger charge is -2.05. The Hall–Kier alpha value is -1.97. The van der Waals surface area contributed by atoms with Gasteiger partial charge in [-0.25, -0.2) is 4.79 Å². The highest BCUT2D eigenvalue weighted by Gasteiger charge is 2.11. The van der Waals surface area contributed by atoms with Crippen LogP contribution in [-0.4, -0.2) is 18.2 Å². The molecule has 0 bridgehead atoms. The van der Waals surface area contributed by atoms with Gasteiger partial charge in [0.25, 0.3) is 0 Å². The van der Waals surface area contributed by atoms with Gasteiger partial charge in [0.15, 0.2) is 0 Å². The van der Waals surface area contributed by atoms with Crippen molar-refractivity contribution in [1.29, 1.82) is 0 Å². The minimum absolute atomic E-state index is 0.153. The van der Waals surface area contributed by atoms with E-state index in [1.165, 1.54) is 7.11 Å². The molecule has 0 aromatic heterocycles. The summed E-state index contributed by atoms with van der Waals surface area (Å²) >= 11 is 0. The lowest BCUT2D eigenvalue weighted by molar-refractivity contribution is -0.144. The van der Waals surface area contributed by atoms with Gasteiger partial charge in [0.2, 0.25) is 5.76 Å². The summed E-state index contributed by atoms with van der Waals surface area (Å²) in [5, 5.41) is 8.61. The summed E-state index contributed by atoms with van der Waals surface area (Å²) in [6.45, 7) is 0.153. The van der Waals surface area contributed by atoms with E-state index in [1.807, 2.05) is 30.3 Å². The minimum atomic E-state index is -0.691. The number of carbonyl (C=O) groups excluding carboxylic acids is 1. The van der Waals surface area contributed by atoms with Crippen molar-refractivity contribution >= 4 is 5.97 Å².